The van der Waals surface area contributed by atoms with E-state index < -0.39 is 15.6 Å². The summed E-state index contributed by atoms with van der Waals surface area (Å²) >= 11 is 1.57. The van der Waals surface area contributed by atoms with Gasteiger partial charge in [-0.3, -0.25) is 9.59 Å². The zero-order chi connectivity index (χ0) is 20.2. The molecular weight excluding hydrogens is 386 g/mol. The molecule has 0 spiro atoms. The summed E-state index contributed by atoms with van der Waals surface area (Å²) in [7, 11) is -2.02. The standard InChI is InChI=1S/C18H25N3O4S2/c1-5-21(6-2)27(24,25)15-7-8-17(22)20(11-15)13-18(23)19(4)12-16-14(3)9-10-26-16/h7-11H,5-6,12-13H2,1-4H3. The molecular formula is C18H25N3O4S2. The fourth-order valence-electron chi connectivity index (χ4n) is 2.63. The molecule has 0 aliphatic carbocycles. The third kappa shape index (κ3) is 4.85. The molecule has 2 heterocycles. The number of hydrogen-bond acceptors (Lipinski definition) is 5. The molecule has 0 unspecified atom stereocenters. The Balaban J connectivity index is 2.22. The van der Waals surface area contributed by atoms with Gasteiger partial charge in [-0.05, 0) is 30.0 Å². The first kappa shape index (κ1) is 21.3. The number of pyridine rings is 1. The highest BCUT2D eigenvalue weighted by atomic mass is 32.2. The molecule has 0 aromatic carbocycles. The molecule has 0 aliphatic heterocycles. The second-order valence-electron chi connectivity index (χ2n) is 6.20. The van der Waals surface area contributed by atoms with Crippen LogP contribution in [0.25, 0.3) is 0 Å². The van der Waals surface area contributed by atoms with E-state index in [4.69, 9.17) is 0 Å². The van der Waals surface area contributed by atoms with E-state index in [0.717, 1.165) is 15.0 Å². The maximum atomic E-state index is 12.6. The van der Waals surface area contributed by atoms with Gasteiger partial charge in [0.05, 0.1) is 11.4 Å². The van der Waals surface area contributed by atoms with E-state index in [2.05, 4.69) is 0 Å². The first-order chi connectivity index (χ1) is 12.7. The average molecular weight is 412 g/mol. The fourth-order valence-corrected chi connectivity index (χ4v) is 5.07. The monoisotopic (exact) mass is 411 g/mol. The smallest absolute Gasteiger partial charge is 0.251 e. The lowest BCUT2D eigenvalue weighted by atomic mass is 10.3. The van der Waals surface area contributed by atoms with E-state index in [1.54, 1.807) is 32.2 Å². The van der Waals surface area contributed by atoms with Gasteiger partial charge in [0, 0.05) is 37.3 Å². The Labute approximate surface area is 163 Å². The lowest BCUT2D eigenvalue weighted by molar-refractivity contribution is -0.131. The Kier molecular flexibility index (Phi) is 6.96. The van der Waals surface area contributed by atoms with Crippen molar-refractivity contribution in [2.45, 2.75) is 38.8 Å². The topological polar surface area (TPSA) is 79.7 Å². The Morgan fingerprint density at radius 1 is 1.19 bits per heavy atom. The SMILES string of the molecule is CCN(CC)S(=O)(=O)c1ccc(=O)n(CC(=O)N(C)Cc2sccc2C)c1. The molecule has 9 heteroatoms. The van der Waals surface area contributed by atoms with Gasteiger partial charge in [-0.15, -0.1) is 11.3 Å². The number of sulfonamides is 1. The van der Waals surface area contributed by atoms with E-state index in [9.17, 15) is 18.0 Å². The van der Waals surface area contributed by atoms with Gasteiger partial charge in [-0.1, -0.05) is 13.8 Å². The van der Waals surface area contributed by atoms with Crippen LogP contribution in [0.4, 0.5) is 0 Å². The van der Waals surface area contributed by atoms with Crippen LogP contribution in [0.5, 0.6) is 0 Å². The zero-order valence-electron chi connectivity index (χ0n) is 16.0. The minimum absolute atomic E-state index is 0.00959. The Bertz CT molecular complexity index is 959. The number of aromatic nitrogens is 1. The second kappa shape index (κ2) is 8.81. The third-order valence-electron chi connectivity index (χ3n) is 4.38. The number of hydrogen-bond donors (Lipinski definition) is 0. The molecule has 0 atom stereocenters. The summed E-state index contributed by atoms with van der Waals surface area (Å²) in [6, 6.07) is 4.47. The molecule has 27 heavy (non-hydrogen) atoms. The summed E-state index contributed by atoms with van der Waals surface area (Å²) in [5, 5.41) is 1.97. The maximum Gasteiger partial charge on any atom is 0.251 e. The van der Waals surface area contributed by atoms with Crippen molar-refractivity contribution < 1.29 is 13.2 Å². The highest BCUT2D eigenvalue weighted by molar-refractivity contribution is 7.89. The van der Waals surface area contributed by atoms with Gasteiger partial charge in [0.15, 0.2) is 0 Å². The third-order valence-corrected chi connectivity index (χ3v) is 7.42. The lowest BCUT2D eigenvalue weighted by Gasteiger charge is -2.20. The van der Waals surface area contributed by atoms with E-state index in [0.29, 0.717) is 19.6 Å². The summed E-state index contributed by atoms with van der Waals surface area (Å²) in [5.41, 5.74) is 0.701. The summed E-state index contributed by atoms with van der Waals surface area (Å²) in [5.74, 6) is -0.262. The Morgan fingerprint density at radius 3 is 2.41 bits per heavy atom. The van der Waals surface area contributed by atoms with Crippen molar-refractivity contribution in [2.24, 2.45) is 0 Å². The van der Waals surface area contributed by atoms with E-state index in [1.807, 2.05) is 18.4 Å². The van der Waals surface area contributed by atoms with Crippen LogP contribution in [-0.4, -0.2) is 48.2 Å². The molecule has 0 aliphatic rings. The van der Waals surface area contributed by atoms with Crippen molar-refractivity contribution in [3.8, 4) is 0 Å². The normalized spacial score (nSPS) is 11.7. The van der Waals surface area contributed by atoms with Crippen LogP contribution >= 0.6 is 11.3 Å². The molecule has 0 saturated carbocycles. The van der Waals surface area contributed by atoms with Gasteiger partial charge >= 0.3 is 0 Å². The van der Waals surface area contributed by atoms with Crippen LogP contribution in [0.1, 0.15) is 24.3 Å². The van der Waals surface area contributed by atoms with Gasteiger partial charge in [0.25, 0.3) is 5.56 Å². The summed E-state index contributed by atoms with van der Waals surface area (Å²) in [6.07, 6.45) is 1.25. The van der Waals surface area contributed by atoms with Crippen LogP contribution in [0, 0.1) is 6.92 Å². The van der Waals surface area contributed by atoms with Gasteiger partial charge in [0.1, 0.15) is 6.54 Å². The quantitative estimate of drug-likeness (QED) is 0.665. The number of carbonyl (C=O) groups is 1. The van der Waals surface area contributed by atoms with Crippen LogP contribution in [0.15, 0.2) is 39.5 Å². The van der Waals surface area contributed by atoms with E-state index in [-0.39, 0.29) is 17.3 Å². The number of rotatable bonds is 8. The molecule has 0 saturated heterocycles. The number of thiophene rings is 1. The van der Waals surface area contributed by atoms with Gasteiger partial charge in [-0.2, -0.15) is 4.31 Å². The van der Waals surface area contributed by atoms with Crippen molar-refractivity contribution in [3.05, 3.63) is 50.6 Å². The van der Waals surface area contributed by atoms with Gasteiger partial charge in [-0.25, -0.2) is 8.42 Å². The largest absolute Gasteiger partial charge is 0.339 e. The first-order valence-corrected chi connectivity index (χ1v) is 11.0. The lowest BCUT2D eigenvalue weighted by Crippen LogP contribution is -2.35. The predicted octanol–water partition coefficient (Wildman–Crippen LogP) is 1.91. The predicted molar refractivity (Wildman–Crippen MR) is 106 cm³/mol. The number of amides is 1. The van der Waals surface area contributed by atoms with E-state index >= 15 is 0 Å². The Morgan fingerprint density at radius 2 is 1.85 bits per heavy atom. The summed E-state index contributed by atoms with van der Waals surface area (Å²) in [4.78, 5) is 27.3. The van der Waals surface area contributed by atoms with Crippen LogP contribution in [0.2, 0.25) is 0 Å². The molecule has 0 bridgehead atoms. The fraction of sp³-hybridized carbons (Fsp3) is 0.444. The molecule has 2 aromatic heterocycles. The Hall–Kier alpha value is -1.97. The molecule has 2 rings (SSSR count). The van der Waals surface area contributed by atoms with Crippen LogP contribution < -0.4 is 5.56 Å². The number of carbonyl (C=O) groups excluding carboxylic acids is 1. The van der Waals surface area contributed by atoms with Crippen molar-refractivity contribution in [3.63, 3.8) is 0 Å². The molecule has 148 valence electrons. The van der Waals surface area contributed by atoms with Gasteiger partial charge < -0.3 is 9.47 Å². The number of aryl methyl sites for hydroxylation is 1. The molecule has 1 amide bonds. The molecule has 0 fully saturated rings. The minimum Gasteiger partial charge on any atom is -0.339 e. The second-order valence-corrected chi connectivity index (χ2v) is 9.14. The van der Waals surface area contributed by atoms with Crippen LogP contribution in [-0.2, 0) is 27.9 Å². The van der Waals surface area contributed by atoms with Crippen molar-refractivity contribution in [1.82, 2.24) is 13.8 Å². The number of likely N-dealkylation sites (N-methyl/N-ethyl adjacent to an activating group) is 1. The van der Waals surface area contributed by atoms with Crippen molar-refractivity contribution in [2.75, 3.05) is 20.1 Å². The van der Waals surface area contributed by atoms with Crippen molar-refractivity contribution in [1.29, 1.82) is 0 Å². The zero-order valence-corrected chi connectivity index (χ0v) is 17.6. The minimum atomic E-state index is -3.69. The maximum absolute atomic E-state index is 12.6. The average Bonchev–Trinajstić information content (AvgIpc) is 3.02. The van der Waals surface area contributed by atoms with Gasteiger partial charge in [0.2, 0.25) is 15.9 Å². The molecule has 0 radical (unpaired) electrons. The molecule has 2 aromatic rings. The highest BCUT2D eigenvalue weighted by Gasteiger charge is 2.23. The molecule has 0 N–H and O–H groups in total. The van der Waals surface area contributed by atoms with Crippen molar-refractivity contribution >= 4 is 27.3 Å². The summed E-state index contributed by atoms with van der Waals surface area (Å²) < 4.78 is 27.7. The highest BCUT2D eigenvalue weighted by Crippen LogP contribution is 2.17. The van der Waals surface area contributed by atoms with Crippen LogP contribution in [0.3, 0.4) is 0 Å². The summed E-state index contributed by atoms with van der Waals surface area (Å²) in [6.45, 7) is 6.40. The molecule has 7 nitrogen and oxygen atoms in total. The number of nitrogens with zero attached hydrogens (tertiary/aromatic N) is 3. The first-order valence-electron chi connectivity index (χ1n) is 8.68. The van der Waals surface area contributed by atoms with E-state index in [1.165, 1.54) is 27.5 Å².